The van der Waals surface area contributed by atoms with Crippen LogP contribution in [0, 0.1) is 13.8 Å². The number of rotatable bonds is 3. The zero-order valence-electron chi connectivity index (χ0n) is 11.5. The number of aliphatic carboxylic acids is 1. The lowest BCUT2D eigenvalue weighted by Crippen LogP contribution is -2.41. The normalized spacial score (nSPS) is 18.9. The third kappa shape index (κ3) is 2.47. The van der Waals surface area contributed by atoms with E-state index in [9.17, 15) is 9.59 Å². The fourth-order valence-electron chi connectivity index (χ4n) is 2.65. The second-order valence-electron chi connectivity index (χ2n) is 5.03. The monoisotopic (exact) mass is 265 g/mol. The van der Waals surface area contributed by atoms with Gasteiger partial charge in [-0.2, -0.15) is 5.10 Å². The summed E-state index contributed by atoms with van der Waals surface area (Å²) in [5.74, 6) is -1.03. The van der Waals surface area contributed by atoms with Gasteiger partial charge in [0.2, 0.25) is 5.91 Å². The number of amides is 1. The van der Waals surface area contributed by atoms with Crippen molar-refractivity contribution in [1.82, 2.24) is 14.7 Å². The van der Waals surface area contributed by atoms with E-state index in [0.717, 1.165) is 23.4 Å². The summed E-state index contributed by atoms with van der Waals surface area (Å²) in [6.07, 6.45) is 1.54. The van der Waals surface area contributed by atoms with Gasteiger partial charge in [-0.25, -0.2) is 4.79 Å². The molecule has 1 aliphatic rings. The van der Waals surface area contributed by atoms with E-state index < -0.39 is 12.0 Å². The van der Waals surface area contributed by atoms with Crippen LogP contribution in [0.2, 0.25) is 0 Å². The molecule has 0 saturated carbocycles. The molecule has 1 aromatic rings. The van der Waals surface area contributed by atoms with Crippen molar-refractivity contribution in [2.24, 2.45) is 7.05 Å². The molecule has 0 aromatic carbocycles. The molecule has 19 heavy (non-hydrogen) atoms. The molecule has 1 saturated heterocycles. The number of hydrogen-bond donors (Lipinski definition) is 1. The van der Waals surface area contributed by atoms with Crippen molar-refractivity contribution < 1.29 is 14.7 Å². The largest absolute Gasteiger partial charge is 0.480 e. The van der Waals surface area contributed by atoms with Gasteiger partial charge in [-0.1, -0.05) is 0 Å². The summed E-state index contributed by atoms with van der Waals surface area (Å²) >= 11 is 0. The van der Waals surface area contributed by atoms with Crippen LogP contribution in [-0.4, -0.2) is 44.3 Å². The zero-order valence-corrected chi connectivity index (χ0v) is 11.5. The van der Waals surface area contributed by atoms with Gasteiger partial charge in [-0.3, -0.25) is 9.48 Å². The van der Waals surface area contributed by atoms with Crippen molar-refractivity contribution in [1.29, 1.82) is 0 Å². The number of hydrogen-bond acceptors (Lipinski definition) is 3. The first-order valence-corrected chi connectivity index (χ1v) is 6.43. The lowest BCUT2D eigenvalue weighted by atomic mass is 10.1. The van der Waals surface area contributed by atoms with E-state index >= 15 is 0 Å². The van der Waals surface area contributed by atoms with Crippen LogP contribution in [0.3, 0.4) is 0 Å². The molecule has 1 amide bonds. The standard InChI is InChI=1S/C13H19N3O3/c1-8-10(9(2)15(3)14-8)7-12(17)16-6-4-5-11(16)13(18)19/h11H,4-7H2,1-3H3,(H,18,19)/t11-/m0/s1. The minimum Gasteiger partial charge on any atom is -0.480 e. The average Bonchev–Trinajstić information content (AvgIpc) is 2.90. The van der Waals surface area contributed by atoms with Gasteiger partial charge in [0.05, 0.1) is 12.1 Å². The summed E-state index contributed by atoms with van der Waals surface area (Å²) in [6, 6.07) is -0.662. The lowest BCUT2D eigenvalue weighted by molar-refractivity contribution is -0.148. The van der Waals surface area contributed by atoms with Gasteiger partial charge < -0.3 is 10.0 Å². The maximum absolute atomic E-state index is 12.3. The van der Waals surface area contributed by atoms with E-state index in [1.807, 2.05) is 20.9 Å². The molecule has 0 aliphatic carbocycles. The Balaban J connectivity index is 2.15. The lowest BCUT2D eigenvalue weighted by Gasteiger charge is -2.21. The van der Waals surface area contributed by atoms with Crippen LogP contribution in [0.1, 0.15) is 29.8 Å². The van der Waals surface area contributed by atoms with Crippen LogP contribution in [0.4, 0.5) is 0 Å². The molecule has 0 bridgehead atoms. The average molecular weight is 265 g/mol. The van der Waals surface area contributed by atoms with Crippen LogP contribution in [0.15, 0.2) is 0 Å². The molecule has 1 fully saturated rings. The summed E-state index contributed by atoms with van der Waals surface area (Å²) < 4.78 is 1.75. The second-order valence-corrected chi connectivity index (χ2v) is 5.03. The number of aryl methyl sites for hydroxylation is 2. The zero-order chi connectivity index (χ0) is 14.2. The van der Waals surface area contributed by atoms with Crippen molar-refractivity contribution in [3.8, 4) is 0 Å². The Morgan fingerprint density at radius 1 is 1.42 bits per heavy atom. The van der Waals surface area contributed by atoms with Gasteiger partial charge in [0.25, 0.3) is 0 Å². The van der Waals surface area contributed by atoms with Crippen molar-refractivity contribution in [3.63, 3.8) is 0 Å². The maximum Gasteiger partial charge on any atom is 0.326 e. The molecule has 1 atom stereocenters. The van der Waals surface area contributed by atoms with Gasteiger partial charge in [0, 0.05) is 24.8 Å². The molecule has 1 aliphatic heterocycles. The molecule has 2 heterocycles. The maximum atomic E-state index is 12.3. The number of aromatic nitrogens is 2. The van der Waals surface area contributed by atoms with Crippen LogP contribution >= 0.6 is 0 Å². The van der Waals surface area contributed by atoms with E-state index in [2.05, 4.69) is 5.10 Å². The molecule has 1 N–H and O–H groups in total. The first-order valence-electron chi connectivity index (χ1n) is 6.43. The molecular weight excluding hydrogens is 246 g/mol. The highest BCUT2D eigenvalue weighted by Crippen LogP contribution is 2.20. The fourth-order valence-corrected chi connectivity index (χ4v) is 2.65. The fraction of sp³-hybridized carbons (Fsp3) is 0.615. The van der Waals surface area contributed by atoms with E-state index in [0.29, 0.717) is 13.0 Å². The quantitative estimate of drug-likeness (QED) is 0.871. The van der Waals surface area contributed by atoms with Gasteiger partial charge in [0.1, 0.15) is 6.04 Å². The highest BCUT2D eigenvalue weighted by Gasteiger charge is 2.34. The summed E-state index contributed by atoms with van der Waals surface area (Å²) in [4.78, 5) is 24.8. The van der Waals surface area contributed by atoms with E-state index in [-0.39, 0.29) is 12.3 Å². The topological polar surface area (TPSA) is 75.4 Å². The predicted molar refractivity (Wildman–Crippen MR) is 68.8 cm³/mol. The first-order chi connectivity index (χ1) is 8.91. The van der Waals surface area contributed by atoms with Crippen LogP contribution in [0.25, 0.3) is 0 Å². The number of carbonyl (C=O) groups excluding carboxylic acids is 1. The van der Waals surface area contributed by atoms with E-state index in [1.54, 1.807) is 4.68 Å². The summed E-state index contributed by atoms with van der Waals surface area (Å²) in [6.45, 7) is 4.32. The highest BCUT2D eigenvalue weighted by atomic mass is 16.4. The Bertz CT molecular complexity index is 521. The van der Waals surface area contributed by atoms with Gasteiger partial charge >= 0.3 is 5.97 Å². The third-order valence-corrected chi connectivity index (χ3v) is 3.85. The van der Waals surface area contributed by atoms with Crippen LogP contribution in [-0.2, 0) is 23.1 Å². The second kappa shape index (κ2) is 5.03. The molecule has 6 heteroatoms. The Hall–Kier alpha value is -1.85. The number of carboxylic acid groups (broad SMARTS) is 1. The SMILES string of the molecule is Cc1nn(C)c(C)c1CC(=O)N1CCC[C@H]1C(=O)O. The summed E-state index contributed by atoms with van der Waals surface area (Å²) in [7, 11) is 1.84. The number of carboxylic acids is 1. The molecule has 6 nitrogen and oxygen atoms in total. The smallest absolute Gasteiger partial charge is 0.326 e. The molecular formula is C13H19N3O3. The third-order valence-electron chi connectivity index (χ3n) is 3.85. The minimum absolute atomic E-state index is 0.121. The summed E-state index contributed by atoms with van der Waals surface area (Å²) in [5, 5.41) is 13.4. The highest BCUT2D eigenvalue weighted by molar-refractivity contribution is 5.85. The number of likely N-dealkylation sites (tertiary alicyclic amines) is 1. The summed E-state index contributed by atoms with van der Waals surface area (Å²) in [5.41, 5.74) is 2.69. The Kier molecular flexibility index (Phi) is 3.59. The molecule has 2 rings (SSSR count). The van der Waals surface area contributed by atoms with Gasteiger partial charge in [-0.15, -0.1) is 0 Å². The minimum atomic E-state index is -0.912. The molecule has 104 valence electrons. The van der Waals surface area contributed by atoms with Crippen LogP contribution < -0.4 is 0 Å². The van der Waals surface area contributed by atoms with Crippen molar-refractivity contribution in [2.45, 2.75) is 39.2 Å². The van der Waals surface area contributed by atoms with Crippen molar-refractivity contribution >= 4 is 11.9 Å². The van der Waals surface area contributed by atoms with Crippen LogP contribution in [0.5, 0.6) is 0 Å². The first kappa shape index (κ1) is 13.6. The Labute approximate surface area is 112 Å². The molecule has 0 spiro atoms. The number of carbonyl (C=O) groups is 2. The van der Waals surface area contributed by atoms with Gasteiger partial charge in [-0.05, 0) is 26.7 Å². The molecule has 0 unspecified atom stereocenters. The Morgan fingerprint density at radius 2 is 2.11 bits per heavy atom. The molecule has 1 aromatic heterocycles. The van der Waals surface area contributed by atoms with E-state index in [1.165, 1.54) is 4.90 Å². The van der Waals surface area contributed by atoms with Crippen molar-refractivity contribution in [3.05, 3.63) is 17.0 Å². The van der Waals surface area contributed by atoms with Crippen molar-refractivity contribution in [2.75, 3.05) is 6.54 Å². The predicted octanol–water partition coefficient (Wildman–Crippen LogP) is 0.655. The Morgan fingerprint density at radius 3 is 2.63 bits per heavy atom. The number of nitrogens with zero attached hydrogens (tertiary/aromatic N) is 3. The van der Waals surface area contributed by atoms with Gasteiger partial charge in [0.15, 0.2) is 0 Å². The van der Waals surface area contributed by atoms with E-state index in [4.69, 9.17) is 5.11 Å². The molecule has 0 radical (unpaired) electrons.